The molecule has 0 atom stereocenters. The zero-order valence-electron chi connectivity index (χ0n) is 7.15. The average molecular weight is 176 g/mol. The van der Waals surface area contributed by atoms with E-state index in [9.17, 15) is 0 Å². The summed E-state index contributed by atoms with van der Waals surface area (Å²) >= 11 is 0. The van der Waals surface area contributed by atoms with Crippen molar-refractivity contribution in [2.75, 3.05) is 18.7 Å². The van der Waals surface area contributed by atoms with Crippen LogP contribution in [-0.4, -0.2) is 13.8 Å². The van der Waals surface area contributed by atoms with E-state index in [2.05, 4.69) is 0 Å². The minimum absolute atomic E-state index is 0.259. The number of anilines is 1. The van der Waals surface area contributed by atoms with Crippen LogP contribution in [0.1, 0.15) is 0 Å². The van der Waals surface area contributed by atoms with Gasteiger partial charge in [-0.15, -0.1) is 0 Å². The van der Waals surface area contributed by atoms with Crippen molar-refractivity contribution in [3.8, 4) is 17.7 Å². The van der Waals surface area contributed by atoms with Gasteiger partial charge in [-0.1, -0.05) is 0 Å². The van der Waals surface area contributed by atoms with Crippen LogP contribution in [-0.2, 0) is 0 Å². The summed E-state index contributed by atoms with van der Waals surface area (Å²) in [5.74, 6) is 1.43. The molecule has 0 aromatic heterocycles. The molecule has 1 aromatic carbocycles. The number of nitriles is 1. The molecule has 0 spiro atoms. The molecule has 66 valence electrons. The second kappa shape index (κ2) is 2.87. The first-order valence-corrected chi connectivity index (χ1v) is 3.84. The van der Waals surface area contributed by atoms with Gasteiger partial charge in [-0.2, -0.15) is 5.26 Å². The van der Waals surface area contributed by atoms with Crippen LogP contribution in [0.3, 0.4) is 0 Å². The zero-order valence-corrected chi connectivity index (χ0v) is 7.15. The molecule has 0 unspecified atom stereocenters. The first-order chi connectivity index (χ1) is 6.31. The molecule has 0 N–H and O–H groups in total. The lowest BCUT2D eigenvalue weighted by Gasteiger charge is -2.08. The van der Waals surface area contributed by atoms with Crippen LogP contribution in [0.25, 0.3) is 0 Å². The minimum atomic E-state index is 0.259. The molecule has 4 nitrogen and oxygen atoms in total. The summed E-state index contributed by atoms with van der Waals surface area (Å²) in [6.07, 6.45) is 2.01. The van der Waals surface area contributed by atoms with E-state index in [1.807, 2.05) is 12.3 Å². The van der Waals surface area contributed by atoms with Crippen LogP contribution in [0, 0.1) is 11.5 Å². The van der Waals surface area contributed by atoms with Crippen molar-refractivity contribution in [1.29, 1.82) is 5.26 Å². The highest BCUT2D eigenvalue weighted by Gasteiger charge is 2.14. The summed E-state index contributed by atoms with van der Waals surface area (Å²) < 4.78 is 10.3. The molecule has 2 rings (SSSR count). The Morgan fingerprint density at radius 2 is 2.15 bits per heavy atom. The topological polar surface area (TPSA) is 45.5 Å². The van der Waals surface area contributed by atoms with Crippen LogP contribution in [0.5, 0.6) is 11.5 Å². The molecule has 0 amide bonds. The van der Waals surface area contributed by atoms with Crippen LogP contribution in [0.4, 0.5) is 5.69 Å². The van der Waals surface area contributed by atoms with Gasteiger partial charge in [0.25, 0.3) is 0 Å². The third-order valence-electron chi connectivity index (χ3n) is 1.89. The molecule has 0 saturated heterocycles. The Labute approximate surface area is 75.9 Å². The lowest BCUT2D eigenvalue weighted by Crippen LogP contribution is -2.07. The quantitative estimate of drug-likeness (QED) is 0.478. The number of fused-ring (bicyclic) bond motifs is 1. The molecule has 0 aliphatic carbocycles. The van der Waals surface area contributed by atoms with Crippen molar-refractivity contribution in [2.45, 2.75) is 0 Å². The third kappa shape index (κ3) is 1.25. The van der Waals surface area contributed by atoms with E-state index in [4.69, 9.17) is 14.7 Å². The zero-order chi connectivity index (χ0) is 9.26. The van der Waals surface area contributed by atoms with Crippen molar-refractivity contribution in [3.05, 3.63) is 18.2 Å². The number of hydrogen-bond acceptors (Lipinski definition) is 4. The Morgan fingerprint density at radius 1 is 1.38 bits per heavy atom. The van der Waals surface area contributed by atoms with Crippen molar-refractivity contribution in [1.82, 2.24) is 0 Å². The van der Waals surface area contributed by atoms with Gasteiger partial charge in [0.05, 0.1) is 5.69 Å². The summed E-state index contributed by atoms with van der Waals surface area (Å²) in [6.45, 7) is 0.259. The van der Waals surface area contributed by atoms with E-state index in [-0.39, 0.29) is 6.79 Å². The number of ether oxygens (including phenoxy) is 2. The van der Waals surface area contributed by atoms with Gasteiger partial charge in [0.1, 0.15) is 0 Å². The molecule has 1 aliphatic heterocycles. The van der Waals surface area contributed by atoms with Gasteiger partial charge in [-0.05, 0) is 12.1 Å². The highest BCUT2D eigenvalue weighted by molar-refractivity contribution is 5.58. The van der Waals surface area contributed by atoms with E-state index in [0.29, 0.717) is 5.75 Å². The maximum absolute atomic E-state index is 8.64. The van der Waals surface area contributed by atoms with Crippen LogP contribution in [0.2, 0.25) is 0 Å². The van der Waals surface area contributed by atoms with Crippen LogP contribution >= 0.6 is 0 Å². The molecular weight excluding hydrogens is 168 g/mol. The SMILES string of the molecule is CN(C#N)c1ccc2c(c1)OCO2. The van der Waals surface area contributed by atoms with Crippen molar-refractivity contribution >= 4 is 5.69 Å². The van der Waals surface area contributed by atoms with Gasteiger partial charge < -0.3 is 9.47 Å². The Bertz CT molecular complexity index is 370. The van der Waals surface area contributed by atoms with Gasteiger partial charge in [-0.3, -0.25) is 4.90 Å². The predicted octanol–water partition coefficient (Wildman–Crippen LogP) is 1.33. The summed E-state index contributed by atoms with van der Waals surface area (Å²) in [6, 6.07) is 5.40. The summed E-state index contributed by atoms with van der Waals surface area (Å²) in [4.78, 5) is 1.46. The highest BCUT2D eigenvalue weighted by atomic mass is 16.7. The standard InChI is InChI=1S/C9H8N2O2/c1-11(5-10)7-2-3-8-9(4-7)13-6-12-8/h2-4H,6H2,1H3. The fourth-order valence-corrected chi connectivity index (χ4v) is 1.15. The summed E-state index contributed by atoms with van der Waals surface area (Å²) in [7, 11) is 1.69. The first-order valence-electron chi connectivity index (χ1n) is 3.84. The molecule has 4 heteroatoms. The average Bonchev–Trinajstić information content (AvgIpc) is 2.63. The van der Waals surface area contributed by atoms with Crippen molar-refractivity contribution in [2.24, 2.45) is 0 Å². The van der Waals surface area contributed by atoms with E-state index in [1.54, 1.807) is 19.2 Å². The lowest BCUT2D eigenvalue weighted by molar-refractivity contribution is 0.174. The Hall–Kier alpha value is -1.89. The minimum Gasteiger partial charge on any atom is -0.454 e. The Balaban J connectivity index is 2.37. The van der Waals surface area contributed by atoms with Crippen molar-refractivity contribution < 1.29 is 9.47 Å². The molecule has 1 heterocycles. The number of benzene rings is 1. The first kappa shape index (κ1) is 7.74. The van der Waals surface area contributed by atoms with E-state index in [0.717, 1.165) is 11.4 Å². The van der Waals surface area contributed by atoms with Crippen LogP contribution in [0.15, 0.2) is 18.2 Å². The van der Waals surface area contributed by atoms with Gasteiger partial charge in [0.15, 0.2) is 17.7 Å². The van der Waals surface area contributed by atoms with Crippen molar-refractivity contribution in [3.63, 3.8) is 0 Å². The Kier molecular flexibility index (Phi) is 1.71. The number of hydrogen-bond donors (Lipinski definition) is 0. The van der Waals surface area contributed by atoms with Gasteiger partial charge in [0, 0.05) is 13.1 Å². The molecule has 1 aromatic rings. The molecule has 0 fully saturated rings. The van der Waals surface area contributed by atoms with E-state index < -0.39 is 0 Å². The molecular formula is C9H8N2O2. The van der Waals surface area contributed by atoms with Crippen LogP contribution < -0.4 is 14.4 Å². The lowest BCUT2D eigenvalue weighted by atomic mass is 10.2. The highest BCUT2D eigenvalue weighted by Crippen LogP contribution is 2.34. The number of nitrogens with zero attached hydrogens (tertiary/aromatic N) is 2. The van der Waals surface area contributed by atoms with Gasteiger partial charge >= 0.3 is 0 Å². The van der Waals surface area contributed by atoms with E-state index in [1.165, 1.54) is 4.90 Å². The maximum atomic E-state index is 8.64. The summed E-state index contributed by atoms with van der Waals surface area (Å²) in [5, 5.41) is 8.64. The second-order valence-electron chi connectivity index (χ2n) is 2.70. The summed E-state index contributed by atoms with van der Waals surface area (Å²) in [5.41, 5.74) is 0.798. The molecule has 1 aliphatic rings. The normalized spacial score (nSPS) is 12.3. The fraction of sp³-hybridized carbons (Fsp3) is 0.222. The third-order valence-corrected chi connectivity index (χ3v) is 1.89. The molecule has 13 heavy (non-hydrogen) atoms. The monoisotopic (exact) mass is 176 g/mol. The van der Waals surface area contributed by atoms with Gasteiger partial charge in [-0.25, -0.2) is 0 Å². The predicted molar refractivity (Wildman–Crippen MR) is 46.6 cm³/mol. The maximum Gasteiger partial charge on any atom is 0.231 e. The number of rotatable bonds is 1. The largest absolute Gasteiger partial charge is 0.454 e. The molecule has 0 saturated carbocycles. The molecule has 0 bridgehead atoms. The smallest absolute Gasteiger partial charge is 0.231 e. The fourth-order valence-electron chi connectivity index (χ4n) is 1.15. The molecule has 0 radical (unpaired) electrons. The second-order valence-corrected chi connectivity index (χ2v) is 2.70. The van der Waals surface area contributed by atoms with E-state index >= 15 is 0 Å². The van der Waals surface area contributed by atoms with Gasteiger partial charge in [0.2, 0.25) is 6.79 Å². The Morgan fingerprint density at radius 3 is 2.92 bits per heavy atom.